The number of nitrogens with zero attached hydrogens (tertiary/aromatic N) is 1. The predicted molar refractivity (Wildman–Crippen MR) is 81.7 cm³/mol. The summed E-state index contributed by atoms with van der Waals surface area (Å²) >= 11 is 0. The number of hydrogen-bond acceptors (Lipinski definition) is 3. The van der Waals surface area contributed by atoms with Crippen molar-refractivity contribution in [3.05, 3.63) is 54.0 Å². The molecule has 1 saturated carbocycles. The van der Waals surface area contributed by atoms with Gasteiger partial charge in [-0.1, -0.05) is 18.9 Å². The van der Waals surface area contributed by atoms with Gasteiger partial charge in [-0.15, -0.1) is 0 Å². The third-order valence-corrected chi connectivity index (χ3v) is 4.07. The second kappa shape index (κ2) is 6.04. The Balaban J connectivity index is 1.85. The van der Waals surface area contributed by atoms with Gasteiger partial charge >= 0.3 is 0 Å². The fourth-order valence-electron chi connectivity index (χ4n) is 2.99. The molecule has 4 nitrogen and oxygen atoms in total. The van der Waals surface area contributed by atoms with E-state index in [0.29, 0.717) is 23.8 Å². The van der Waals surface area contributed by atoms with Crippen molar-refractivity contribution in [2.75, 3.05) is 5.73 Å². The van der Waals surface area contributed by atoms with Crippen LogP contribution in [0, 0.1) is 0 Å². The van der Waals surface area contributed by atoms with Crippen LogP contribution in [0.2, 0.25) is 0 Å². The van der Waals surface area contributed by atoms with E-state index in [2.05, 4.69) is 0 Å². The van der Waals surface area contributed by atoms with E-state index < -0.39 is 0 Å². The lowest BCUT2D eigenvalue weighted by molar-refractivity contribution is 0.0649. The van der Waals surface area contributed by atoms with Crippen LogP contribution in [-0.4, -0.2) is 16.8 Å². The third-order valence-electron chi connectivity index (χ3n) is 4.07. The van der Waals surface area contributed by atoms with Crippen molar-refractivity contribution >= 4 is 11.6 Å². The molecule has 1 aromatic carbocycles. The van der Waals surface area contributed by atoms with Gasteiger partial charge in [0.25, 0.3) is 5.91 Å². The lowest BCUT2D eigenvalue weighted by Gasteiger charge is -2.28. The van der Waals surface area contributed by atoms with Crippen molar-refractivity contribution in [1.29, 1.82) is 0 Å². The average molecular weight is 284 g/mol. The summed E-state index contributed by atoms with van der Waals surface area (Å²) in [5.74, 6) is 0.852. The standard InChI is InChI=1S/C17H20N2O2/c18-14-6-3-5-13(11-14)17(20)19(15-7-1-2-8-15)12-16-9-4-10-21-16/h3-6,9-11,15H,1-2,7-8,12,18H2. The molecule has 0 saturated heterocycles. The Kier molecular flexibility index (Phi) is 3.95. The van der Waals surface area contributed by atoms with Crippen LogP contribution in [-0.2, 0) is 6.54 Å². The minimum atomic E-state index is 0.0330. The minimum Gasteiger partial charge on any atom is -0.467 e. The molecule has 110 valence electrons. The van der Waals surface area contributed by atoms with Crippen LogP contribution in [0.3, 0.4) is 0 Å². The van der Waals surface area contributed by atoms with E-state index in [9.17, 15) is 4.79 Å². The first-order chi connectivity index (χ1) is 10.2. The fourth-order valence-corrected chi connectivity index (χ4v) is 2.99. The molecule has 1 aromatic heterocycles. The maximum Gasteiger partial charge on any atom is 0.254 e. The number of rotatable bonds is 4. The smallest absolute Gasteiger partial charge is 0.254 e. The molecule has 1 heterocycles. The van der Waals surface area contributed by atoms with Crippen molar-refractivity contribution in [3.63, 3.8) is 0 Å². The van der Waals surface area contributed by atoms with Crippen LogP contribution in [0.25, 0.3) is 0 Å². The molecule has 2 N–H and O–H groups in total. The molecule has 1 aliphatic rings. The number of benzene rings is 1. The summed E-state index contributed by atoms with van der Waals surface area (Å²) in [5.41, 5.74) is 7.06. The summed E-state index contributed by atoms with van der Waals surface area (Å²) in [6, 6.07) is 11.2. The first-order valence-corrected chi connectivity index (χ1v) is 7.43. The van der Waals surface area contributed by atoms with Crippen LogP contribution in [0.5, 0.6) is 0 Å². The molecule has 0 aliphatic heterocycles. The second-order valence-electron chi connectivity index (χ2n) is 5.58. The molecule has 0 unspecified atom stereocenters. The van der Waals surface area contributed by atoms with Crippen LogP contribution in [0.15, 0.2) is 47.1 Å². The fraction of sp³-hybridized carbons (Fsp3) is 0.353. The number of anilines is 1. The van der Waals surface area contributed by atoms with Gasteiger partial charge in [0, 0.05) is 17.3 Å². The molecule has 21 heavy (non-hydrogen) atoms. The number of carbonyl (C=O) groups is 1. The predicted octanol–water partition coefficient (Wildman–Crippen LogP) is 3.45. The summed E-state index contributed by atoms with van der Waals surface area (Å²) in [6.07, 6.45) is 6.14. The van der Waals surface area contributed by atoms with E-state index in [1.165, 1.54) is 12.8 Å². The van der Waals surface area contributed by atoms with E-state index in [0.717, 1.165) is 18.6 Å². The minimum absolute atomic E-state index is 0.0330. The molecular weight excluding hydrogens is 264 g/mol. The molecule has 2 aromatic rings. The van der Waals surface area contributed by atoms with Crippen molar-refractivity contribution in [1.82, 2.24) is 4.90 Å². The molecule has 0 atom stereocenters. The van der Waals surface area contributed by atoms with E-state index >= 15 is 0 Å². The molecule has 1 amide bonds. The number of carbonyl (C=O) groups excluding carboxylic acids is 1. The zero-order chi connectivity index (χ0) is 14.7. The zero-order valence-electron chi connectivity index (χ0n) is 12.0. The maximum absolute atomic E-state index is 12.8. The lowest BCUT2D eigenvalue weighted by atomic mass is 10.1. The highest BCUT2D eigenvalue weighted by molar-refractivity contribution is 5.95. The monoisotopic (exact) mass is 284 g/mol. The van der Waals surface area contributed by atoms with Gasteiger partial charge in [-0.05, 0) is 43.2 Å². The normalized spacial score (nSPS) is 15.2. The van der Waals surface area contributed by atoms with E-state index in [1.54, 1.807) is 18.4 Å². The summed E-state index contributed by atoms with van der Waals surface area (Å²) in [6.45, 7) is 0.519. The summed E-state index contributed by atoms with van der Waals surface area (Å²) < 4.78 is 5.41. The van der Waals surface area contributed by atoms with Crippen LogP contribution in [0.1, 0.15) is 41.8 Å². The quantitative estimate of drug-likeness (QED) is 0.875. The number of nitrogens with two attached hydrogens (primary N) is 1. The topological polar surface area (TPSA) is 59.5 Å². The highest BCUT2D eigenvalue weighted by atomic mass is 16.3. The largest absolute Gasteiger partial charge is 0.467 e. The van der Waals surface area contributed by atoms with Crippen LogP contribution >= 0.6 is 0 Å². The Morgan fingerprint density at radius 3 is 2.71 bits per heavy atom. The Bertz CT molecular complexity index is 601. The highest BCUT2D eigenvalue weighted by Gasteiger charge is 2.28. The summed E-state index contributed by atoms with van der Waals surface area (Å²) in [5, 5.41) is 0. The van der Waals surface area contributed by atoms with Crippen molar-refractivity contribution in [2.24, 2.45) is 0 Å². The Hall–Kier alpha value is -2.23. The Morgan fingerprint density at radius 2 is 2.05 bits per heavy atom. The van der Waals surface area contributed by atoms with E-state index in [1.807, 2.05) is 29.2 Å². The first kappa shape index (κ1) is 13.7. The molecule has 1 aliphatic carbocycles. The van der Waals surface area contributed by atoms with Crippen molar-refractivity contribution in [3.8, 4) is 0 Å². The molecule has 3 rings (SSSR count). The van der Waals surface area contributed by atoms with Gasteiger partial charge in [-0.2, -0.15) is 0 Å². The van der Waals surface area contributed by atoms with Crippen LogP contribution < -0.4 is 5.73 Å². The Labute approximate surface area is 124 Å². The van der Waals surface area contributed by atoms with E-state index in [-0.39, 0.29) is 5.91 Å². The summed E-state index contributed by atoms with van der Waals surface area (Å²) in [7, 11) is 0. The number of furan rings is 1. The SMILES string of the molecule is Nc1cccc(C(=O)N(Cc2ccco2)C2CCCC2)c1. The number of amides is 1. The average Bonchev–Trinajstić information content (AvgIpc) is 3.17. The maximum atomic E-state index is 12.8. The van der Waals surface area contributed by atoms with Gasteiger partial charge in [0.05, 0.1) is 12.8 Å². The molecule has 4 heteroatoms. The second-order valence-corrected chi connectivity index (χ2v) is 5.58. The Morgan fingerprint density at radius 1 is 1.24 bits per heavy atom. The molecule has 1 fully saturated rings. The number of hydrogen-bond donors (Lipinski definition) is 1. The molecular formula is C17H20N2O2. The third kappa shape index (κ3) is 3.10. The van der Waals surface area contributed by atoms with Crippen molar-refractivity contribution < 1.29 is 9.21 Å². The van der Waals surface area contributed by atoms with Gasteiger partial charge in [-0.25, -0.2) is 0 Å². The molecule has 0 bridgehead atoms. The zero-order valence-corrected chi connectivity index (χ0v) is 12.0. The van der Waals surface area contributed by atoms with Gasteiger partial charge in [0.2, 0.25) is 0 Å². The number of nitrogen functional groups attached to an aromatic ring is 1. The highest BCUT2D eigenvalue weighted by Crippen LogP contribution is 2.27. The van der Waals surface area contributed by atoms with E-state index in [4.69, 9.17) is 10.2 Å². The summed E-state index contributed by atoms with van der Waals surface area (Å²) in [4.78, 5) is 14.8. The van der Waals surface area contributed by atoms with Gasteiger partial charge < -0.3 is 15.1 Å². The van der Waals surface area contributed by atoms with Crippen molar-refractivity contribution in [2.45, 2.75) is 38.3 Å². The van der Waals surface area contributed by atoms with Crippen LogP contribution in [0.4, 0.5) is 5.69 Å². The lowest BCUT2D eigenvalue weighted by Crippen LogP contribution is -2.38. The van der Waals surface area contributed by atoms with Gasteiger partial charge in [0.1, 0.15) is 5.76 Å². The van der Waals surface area contributed by atoms with Gasteiger partial charge in [-0.3, -0.25) is 4.79 Å². The molecule has 0 radical (unpaired) electrons. The first-order valence-electron chi connectivity index (χ1n) is 7.43. The molecule has 0 spiro atoms. The van der Waals surface area contributed by atoms with Gasteiger partial charge in [0.15, 0.2) is 0 Å².